The van der Waals surface area contributed by atoms with Gasteiger partial charge in [-0.1, -0.05) is 21.1 Å². The molecule has 4 heteroatoms. The molecule has 0 bridgehead atoms. The van der Waals surface area contributed by atoms with Crippen molar-refractivity contribution in [1.29, 1.82) is 0 Å². The quantitative estimate of drug-likeness (QED) is 0.351. The largest absolute Gasteiger partial charge is 0.395 e. The predicted octanol–water partition coefficient (Wildman–Crippen LogP) is 2.22. The zero-order chi connectivity index (χ0) is 9.52. The molecule has 0 amide bonds. The minimum Gasteiger partial charge on any atom is -0.395 e. The first-order valence-corrected chi connectivity index (χ1v) is 5.09. The third-order valence-electron chi connectivity index (χ3n) is 1.47. The van der Waals surface area contributed by atoms with Crippen molar-refractivity contribution in [1.82, 2.24) is 4.98 Å². The smallest absolute Gasteiger partial charge is 0.126 e. The third kappa shape index (κ3) is 3.55. The first-order chi connectivity index (χ1) is 6.34. The monoisotopic (exact) mass is 242 g/mol. The van der Waals surface area contributed by atoms with E-state index in [2.05, 4.69) is 26.1 Å². The van der Waals surface area contributed by atoms with Gasteiger partial charge in [-0.15, -0.1) is 0 Å². The number of hydrogen-bond acceptors (Lipinski definition) is 3. The zero-order valence-electron chi connectivity index (χ0n) is 7.40. The van der Waals surface area contributed by atoms with Crippen LogP contribution >= 0.6 is 15.9 Å². The molecule has 1 aromatic heterocycles. The van der Waals surface area contributed by atoms with Crippen LogP contribution in [0, 0.1) is 0 Å². The minimum absolute atomic E-state index is 0.586. The number of hydrogen-bond donors (Lipinski definition) is 0. The number of rotatable bonds is 4. The van der Waals surface area contributed by atoms with E-state index in [1.54, 1.807) is 12.4 Å². The van der Waals surface area contributed by atoms with E-state index in [0.717, 1.165) is 16.6 Å². The van der Waals surface area contributed by atoms with Crippen molar-refractivity contribution in [3.8, 4) is 0 Å². The van der Waals surface area contributed by atoms with E-state index < -0.39 is 0 Å². The maximum Gasteiger partial charge on any atom is 0.126 e. The van der Waals surface area contributed by atoms with Gasteiger partial charge in [0, 0.05) is 23.3 Å². The number of halogens is 1. The molecule has 13 heavy (non-hydrogen) atoms. The van der Waals surface area contributed by atoms with E-state index in [1.165, 1.54) is 0 Å². The lowest BCUT2D eigenvalue weighted by atomic mass is 10.2. The van der Waals surface area contributed by atoms with Gasteiger partial charge in [-0.25, -0.2) is 0 Å². The van der Waals surface area contributed by atoms with Crippen LogP contribution in [0.1, 0.15) is 12.5 Å². The highest BCUT2D eigenvalue weighted by Crippen LogP contribution is 1.99. The van der Waals surface area contributed by atoms with Crippen molar-refractivity contribution in [2.45, 2.75) is 6.92 Å². The van der Waals surface area contributed by atoms with Crippen LogP contribution < -0.4 is 0 Å². The fourth-order valence-corrected chi connectivity index (χ4v) is 0.968. The molecule has 0 N–H and O–H groups in total. The van der Waals surface area contributed by atoms with E-state index >= 15 is 0 Å². The Bertz CT molecular complexity index is 274. The molecule has 0 radical (unpaired) electrons. The summed E-state index contributed by atoms with van der Waals surface area (Å²) in [6, 6.07) is 3.80. The summed E-state index contributed by atoms with van der Waals surface area (Å²) in [4.78, 5) is 8.94. The van der Waals surface area contributed by atoms with Crippen molar-refractivity contribution >= 4 is 21.6 Å². The fourth-order valence-electron chi connectivity index (χ4n) is 0.823. The lowest BCUT2D eigenvalue weighted by Gasteiger charge is -1.99. The van der Waals surface area contributed by atoms with Crippen LogP contribution in [0.4, 0.5) is 0 Å². The van der Waals surface area contributed by atoms with Crippen LogP contribution in [0.15, 0.2) is 29.7 Å². The zero-order valence-corrected chi connectivity index (χ0v) is 8.99. The molecule has 0 aliphatic carbocycles. The molecule has 1 aromatic rings. The van der Waals surface area contributed by atoms with E-state index in [1.807, 2.05) is 19.1 Å². The lowest BCUT2D eigenvalue weighted by Crippen LogP contribution is -1.97. The van der Waals surface area contributed by atoms with Gasteiger partial charge in [-0.05, 0) is 19.1 Å². The Morgan fingerprint density at radius 3 is 2.85 bits per heavy atom. The summed E-state index contributed by atoms with van der Waals surface area (Å²) in [5.41, 5.74) is 1.90. The Kier molecular flexibility index (Phi) is 4.46. The molecular weight excluding hydrogens is 232 g/mol. The average molecular weight is 243 g/mol. The number of aromatic nitrogens is 1. The van der Waals surface area contributed by atoms with Crippen molar-refractivity contribution in [2.75, 3.05) is 11.9 Å². The Hall–Kier alpha value is -0.900. The number of alkyl halides is 1. The van der Waals surface area contributed by atoms with Gasteiger partial charge in [0.25, 0.3) is 0 Å². The molecule has 0 aliphatic rings. The predicted molar refractivity (Wildman–Crippen MR) is 56.2 cm³/mol. The Labute approximate surface area is 85.9 Å². The van der Waals surface area contributed by atoms with Crippen molar-refractivity contribution in [3.63, 3.8) is 0 Å². The first kappa shape index (κ1) is 10.2. The maximum atomic E-state index is 5.02. The van der Waals surface area contributed by atoms with Gasteiger partial charge < -0.3 is 4.84 Å². The summed E-state index contributed by atoms with van der Waals surface area (Å²) in [5.74, 6) is 0. The Morgan fingerprint density at radius 1 is 1.54 bits per heavy atom. The summed E-state index contributed by atoms with van der Waals surface area (Å²) in [6.45, 7) is 2.49. The molecule has 1 rings (SSSR count). The van der Waals surface area contributed by atoms with Crippen molar-refractivity contribution in [3.05, 3.63) is 30.1 Å². The summed E-state index contributed by atoms with van der Waals surface area (Å²) in [5, 5.41) is 4.73. The fraction of sp³-hybridized carbons (Fsp3) is 0.333. The van der Waals surface area contributed by atoms with E-state index in [-0.39, 0.29) is 0 Å². The molecule has 0 aromatic carbocycles. The lowest BCUT2D eigenvalue weighted by molar-refractivity contribution is 0.162. The highest BCUT2D eigenvalue weighted by atomic mass is 79.9. The second-order valence-corrected chi connectivity index (χ2v) is 3.23. The van der Waals surface area contributed by atoms with Crippen LogP contribution in [-0.4, -0.2) is 22.6 Å². The minimum atomic E-state index is 0.586. The Morgan fingerprint density at radius 2 is 2.23 bits per heavy atom. The number of pyridine rings is 1. The summed E-state index contributed by atoms with van der Waals surface area (Å²) in [6.07, 6.45) is 3.47. The van der Waals surface area contributed by atoms with Crippen LogP contribution in [0.2, 0.25) is 0 Å². The van der Waals surface area contributed by atoms with Crippen molar-refractivity contribution < 1.29 is 4.84 Å². The van der Waals surface area contributed by atoms with Crippen LogP contribution in [0.3, 0.4) is 0 Å². The first-order valence-electron chi connectivity index (χ1n) is 3.97. The van der Waals surface area contributed by atoms with Gasteiger partial charge in [0.15, 0.2) is 0 Å². The Balaban J connectivity index is 2.57. The maximum absolute atomic E-state index is 5.02. The summed E-state index contributed by atoms with van der Waals surface area (Å²) in [7, 11) is 0. The van der Waals surface area contributed by atoms with E-state index in [4.69, 9.17) is 4.84 Å². The standard InChI is InChI=1S/C9H11BrN2O/c1-8(12-13-7-4-10)9-2-5-11-6-3-9/h2-3,5-6H,4,7H2,1H3/b12-8+. The molecule has 70 valence electrons. The van der Waals surface area contributed by atoms with Crippen LogP contribution in [0.25, 0.3) is 0 Å². The molecule has 0 saturated heterocycles. The molecular formula is C9H11BrN2O. The molecule has 0 atom stereocenters. The molecule has 3 nitrogen and oxygen atoms in total. The van der Waals surface area contributed by atoms with Gasteiger partial charge in [-0.3, -0.25) is 4.98 Å². The molecule has 0 spiro atoms. The summed E-state index contributed by atoms with van der Waals surface area (Å²) < 4.78 is 0. The SMILES string of the molecule is C/C(=N\OCCBr)c1ccncc1. The van der Waals surface area contributed by atoms with Gasteiger partial charge in [-0.2, -0.15) is 0 Å². The van der Waals surface area contributed by atoms with Crippen molar-refractivity contribution in [2.24, 2.45) is 5.16 Å². The second kappa shape index (κ2) is 5.70. The van der Waals surface area contributed by atoms with Gasteiger partial charge in [0.2, 0.25) is 0 Å². The van der Waals surface area contributed by atoms with E-state index in [0.29, 0.717) is 6.61 Å². The normalized spacial score (nSPS) is 11.4. The third-order valence-corrected chi connectivity index (χ3v) is 1.79. The molecule has 0 saturated carbocycles. The topological polar surface area (TPSA) is 34.5 Å². The number of oxime groups is 1. The van der Waals surface area contributed by atoms with Crippen LogP contribution in [-0.2, 0) is 4.84 Å². The van der Waals surface area contributed by atoms with Gasteiger partial charge in [0.05, 0.1) is 5.71 Å². The molecule has 0 unspecified atom stereocenters. The second-order valence-electron chi connectivity index (χ2n) is 2.43. The van der Waals surface area contributed by atoms with E-state index in [9.17, 15) is 0 Å². The van der Waals surface area contributed by atoms with Crippen LogP contribution in [0.5, 0.6) is 0 Å². The molecule has 1 heterocycles. The number of nitrogens with zero attached hydrogens (tertiary/aromatic N) is 2. The average Bonchev–Trinajstić information content (AvgIpc) is 2.19. The summed E-state index contributed by atoms with van der Waals surface area (Å²) >= 11 is 3.25. The molecule has 0 aliphatic heterocycles. The van der Waals surface area contributed by atoms with Gasteiger partial charge >= 0.3 is 0 Å². The highest BCUT2D eigenvalue weighted by Gasteiger charge is 1.95. The molecule has 0 fully saturated rings. The van der Waals surface area contributed by atoms with Gasteiger partial charge in [0.1, 0.15) is 6.61 Å². The highest BCUT2D eigenvalue weighted by molar-refractivity contribution is 9.09.